The number of methoxy groups -OCH3 is 2. The van der Waals surface area contributed by atoms with Gasteiger partial charge in [-0.2, -0.15) is 0 Å². The zero-order valence-corrected chi connectivity index (χ0v) is 86.3. The Labute approximate surface area is 827 Å². The fourth-order valence-electron chi connectivity index (χ4n) is 19.8. The van der Waals surface area contributed by atoms with Crippen molar-refractivity contribution < 1.29 is 85.9 Å². The van der Waals surface area contributed by atoms with Crippen molar-refractivity contribution in [2.75, 3.05) is 108 Å². The number of Topliss-reactive ketones (excluding diaryl/α,β-unsaturated/α-hetero) is 3. The van der Waals surface area contributed by atoms with E-state index in [0.29, 0.717) is 62.7 Å². The molecule has 0 radical (unpaired) electrons. The van der Waals surface area contributed by atoms with Gasteiger partial charge in [-0.25, -0.2) is 24.6 Å². The number of piperidine rings is 1. The molecule has 29 nitrogen and oxygen atoms in total. The molecule has 0 bridgehead atoms. The molecule has 2 N–H and O–H groups in total. The minimum absolute atomic E-state index is 0.0352. The van der Waals surface area contributed by atoms with Crippen LogP contribution >= 0.6 is 11.3 Å². The number of nitrogens with one attached hydrogen (secondary N) is 2. The highest BCUT2D eigenvalue weighted by Gasteiger charge is 2.45. The number of likely N-dealkylation sites (N-methyl/N-ethyl adjacent to an activating group) is 2. The number of carbonyl (C=O) groups is 11. The van der Waals surface area contributed by atoms with Crippen LogP contribution < -0.4 is 10.6 Å². The molecule has 2 saturated heterocycles. The van der Waals surface area contributed by atoms with Gasteiger partial charge in [0, 0.05) is 154 Å². The largest absolute Gasteiger partial charge is 0.460 e. The molecule has 5 aromatic carbocycles. The summed E-state index contributed by atoms with van der Waals surface area (Å²) in [6.07, 6.45) is 3.51. The summed E-state index contributed by atoms with van der Waals surface area (Å²) in [4.78, 5) is 169. The lowest BCUT2D eigenvalue weighted by Crippen LogP contribution is -2.54. The molecule has 2 aromatic heterocycles. The fourth-order valence-corrected chi connectivity index (χ4v) is 20.5. The number of thiazole rings is 1. The van der Waals surface area contributed by atoms with Gasteiger partial charge in [-0.05, 0) is 153 Å². The zero-order valence-electron chi connectivity index (χ0n) is 85.5. The van der Waals surface area contributed by atoms with Crippen molar-refractivity contribution in [1.29, 1.82) is 0 Å². The van der Waals surface area contributed by atoms with Crippen molar-refractivity contribution in [1.82, 2.24) is 54.7 Å². The smallest absolute Gasteiger partial charge is 0.424 e. The van der Waals surface area contributed by atoms with Crippen LogP contribution in [0.3, 0.4) is 0 Å². The number of aryl methyl sites for hydroxylation is 1. The molecule has 0 saturated carbocycles. The molecule has 3 aliphatic rings. The van der Waals surface area contributed by atoms with Crippen LogP contribution in [0, 0.1) is 41.4 Å². The quantitative estimate of drug-likeness (QED) is 0.0155. The Balaban J connectivity index is 0.673. The Bertz CT molecular complexity index is 5120. The lowest BCUT2D eigenvalue weighted by molar-refractivity contribution is -0.156. The van der Waals surface area contributed by atoms with Crippen LogP contribution in [0.1, 0.15) is 218 Å². The first-order valence-electron chi connectivity index (χ1n) is 49.9. The van der Waals surface area contributed by atoms with E-state index in [4.69, 9.17) is 33.2 Å². The molecule has 4 heterocycles. The van der Waals surface area contributed by atoms with Gasteiger partial charge in [0.1, 0.15) is 29.6 Å². The molecule has 7 aromatic rings. The van der Waals surface area contributed by atoms with Crippen LogP contribution in [0.15, 0.2) is 145 Å². The highest BCUT2D eigenvalue weighted by atomic mass is 32.1. The summed E-state index contributed by atoms with van der Waals surface area (Å²) >= 11 is 1.48. The molecule has 11 atom stereocenters. The third kappa shape index (κ3) is 31.0. The average molecular weight is 1940 g/mol. The standard InChI is InChI=1S/C109H153N11O18S/c1-20-74(8)101(96(132-18)67-98(125)120-52-30-40-93(120)102(133-19)75(9)103(127)112-91(105-110-50-61-139-105)62-77-32-22-21-23-33-77)114(15)106(129)89(72(4)5)66-95(123)100(73(6)7)115(16)107(130)136-69-79-43-41-78(42-44-79)63-94(122)76(10)111-104(128)88(71(2)3)65-83(121)45-46-97(124)119(56-58-135-60-59-134-57-49-99(126)138-109(11,12)13)81-47-54-117(55-48-81)51-31-53-118-82(64-80-34-24-29-39-92(80)118)68-113(14)116(17)108(131)137-70-90-86-37-27-25-35-84(86)85-36-26-28-38-87(85)90/h21-29,32-39,41-44,50,61,64,71-76,81,88-91,93,96,100-102H,20,30-31,40,45-49,51-60,62-63,65-70H2,1-19H3,(H,111,128)(H,112,127)/t74-,75+,76-,88-,89-,91-,93-,96+,100-,101-,102+/m0/s1. The van der Waals surface area contributed by atoms with Gasteiger partial charge in [0.2, 0.25) is 29.5 Å². The van der Waals surface area contributed by atoms with E-state index in [2.05, 4.69) is 67.5 Å². The number of nitrogens with zero attached hydrogens (tertiary/aromatic N) is 9. The number of ketones is 3. The van der Waals surface area contributed by atoms with E-state index in [1.54, 1.807) is 75.5 Å². The van der Waals surface area contributed by atoms with Gasteiger partial charge in [-0.15, -0.1) is 11.3 Å². The topological polar surface area (TPSA) is 317 Å². The SMILES string of the molecule is CC[C@H](C)[C@@H]([C@@H](CC(=O)N1CCC[C@H]1[C@H](OC)[C@@H](C)C(=O)N[C@@H](Cc1ccccc1)c1nccs1)OC)N(C)C(=O)[C@@H](CC(=O)[C@H](C(C)C)N(C)C(=O)OCc1ccc(CC(=O)[C@H](C)NC(=O)[C@@H](CC(=O)CCC(=O)N(CCOCCOCCC(=O)OC(C)(C)C)C2CCN(CCCn3c(CN(C)N(C)C(=O)OCC4c5ccccc5-c5ccccc54)cc4ccccc43)CC2)C(C)C)cc1)C(C)C. The van der Waals surface area contributed by atoms with Crippen molar-refractivity contribution in [3.05, 3.63) is 184 Å². The van der Waals surface area contributed by atoms with Crippen molar-refractivity contribution in [3.8, 4) is 11.1 Å². The number of para-hydroxylation sites is 1. The van der Waals surface area contributed by atoms with E-state index in [0.717, 1.165) is 70.9 Å². The second kappa shape index (κ2) is 53.3. The Morgan fingerprint density at radius 2 is 1.25 bits per heavy atom. The molecule has 2 fully saturated rings. The first-order valence-corrected chi connectivity index (χ1v) is 50.7. The Morgan fingerprint density at radius 3 is 1.88 bits per heavy atom. The second-order valence-corrected chi connectivity index (χ2v) is 40.9. The Hall–Kier alpha value is -10.6. The lowest BCUT2D eigenvalue weighted by Gasteiger charge is -2.41. The first-order chi connectivity index (χ1) is 66.4. The van der Waals surface area contributed by atoms with Gasteiger partial charge < -0.3 is 72.9 Å². The molecule has 10 rings (SSSR count). The summed E-state index contributed by atoms with van der Waals surface area (Å²) in [6, 6.07) is 40.6. The number of fused-ring (bicyclic) bond motifs is 4. The number of benzene rings is 5. The van der Waals surface area contributed by atoms with Gasteiger partial charge in [-0.1, -0.05) is 190 Å². The van der Waals surface area contributed by atoms with Crippen LogP contribution in [-0.4, -0.2) is 265 Å². The molecular weight excluding hydrogens is 1780 g/mol. The van der Waals surface area contributed by atoms with Crippen LogP contribution in [-0.2, 0) is 109 Å². The maximum absolute atomic E-state index is 15.1. The number of carbonyl (C=O) groups excluding carboxylic acids is 11. The van der Waals surface area contributed by atoms with Gasteiger partial charge in [-0.3, -0.25) is 43.2 Å². The number of hydrogen-bond acceptors (Lipinski definition) is 22. The van der Waals surface area contributed by atoms with Crippen molar-refractivity contribution in [2.24, 2.45) is 41.4 Å². The monoisotopic (exact) mass is 1940 g/mol. The van der Waals surface area contributed by atoms with Crippen LogP contribution in [0.25, 0.3) is 22.0 Å². The van der Waals surface area contributed by atoms with Crippen LogP contribution in [0.4, 0.5) is 9.59 Å². The fraction of sp³-hybridized carbons (Fsp3) is 0.578. The summed E-state index contributed by atoms with van der Waals surface area (Å²) in [6.45, 7) is 29.2. The number of hydrazine groups is 1. The van der Waals surface area contributed by atoms with E-state index < -0.39 is 77.8 Å². The van der Waals surface area contributed by atoms with Gasteiger partial charge in [0.05, 0.1) is 94.1 Å². The molecule has 0 unspecified atom stereocenters. The molecular formula is C109H153N11O18S. The van der Waals surface area contributed by atoms with Crippen molar-refractivity contribution >= 4 is 87.3 Å². The minimum Gasteiger partial charge on any atom is -0.460 e. The Kier molecular flexibility index (Phi) is 42.3. The molecule has 2 aliphatic heterocycles. The molecule has 0 spiro atoms. The predicted octanol–water partition coefficient (Wildman–Crippen LogP) is 15.9. The molecule has 758 valence electrons. The number of likely N-dealkylation sites (tertiary alicyclic amines) is 2. The summed E-state index contributed by atoms with van der Waals surface area (Å²) in [5.74, 6) is -5.91. The molecule has 30 heteroatoms. The summed E-state index contributed by atoms with van der Waals surface area (Å²) < 4.78 is 43.6. The van der Waals surface area contributed by atoms with Crippen molar-refractivity contribution in [3.63, 3.8) is 0 Å². The second-order valence-electron chi connectivity index (χ2n) is 39.9. The van der Waals surface area contributed by atoms with E-state index in [1.807, 2.05) is 172 Å². The van der Waals surface area contributed by atoms with E-state index in [9.17, 15) is 47.9 Å². The van der Waals surface area contributed by atoms with E-state index in [1.165, 1.54) is 39.4 Å². The Morgan fingerprint density at radius 1 is 0.612 bits per heavy atom. The van der Waals surface area contributed by atoms with E-state index >= 15 is 4.79 Å². The number of rotatable bonds is 54. The number of aromatic nitrogens is 2. The third-order valence-electron chi connectivity index (χ3n) is 27.9. The third-order valence-corrected chi connectivity index (χ3v) is 28.8. The van der Waals surface area contributed by atoms with Crippen LogP contribution in [0.5, 0.6) is 0 Å². The average Bonchev–Trinajstić information content (AvgIpc) is 1.61. The molecule has 139 heavy (non-hydrogen) atoms. The maximum Gasteiger partial charge on any atom is 0.424 e. The maximum atomic E-state index is 15.1. The number of hydrogen-bond donors (Lipinski definition) is 2. The summed E-state index contributed by atoms with van der Waals surface area (Å²) in [7, 11) is 9.95. The number of amides is 7. The zero-order chi connectivity index (χ0) is 101. The first kappa shape index (κ1) is 110. The summed E-state index contributed by atoms with van der Waals surface area (Å²) in [5.41, 5.74) is 8.50. The summed E-state index contributed by atoms with van der Waals surface area (Å²) in [5, 5.41) is 13.3. The normalized spacial score (nSPS) is 16.3. The number of esters is 1. The highest BCUT2D eigenvalue weighted by molar-refractivity contribution is 7.09. The minimum atomic E-state index is -0.960. The predicted molar refractivity (Wildman–Crippen MR) is 538 cm³/mol. The van der Waals surface area contributed by atoms with Crippen molar-refractivity contribution in [2.45, 2.75) is 260 Å². The van der Waals surface area contributed by atoms with Crippen LogP contribution in [0.2, 0.25) is 0 Å². The van der Waals surface area contributed by atoms with Gasteiger partial charge in [0.15, 0.2) is 11.6 Å². The van der Waals surface area contributed by atoms with Gasteiger partial charge in [0.25, 0.3) is 0 Å². The van der Waals surface area contributed by atoms with Gasteiger partial charge >= 0.3 is 18.2 Å². The van der Waals surface area contributed by atoms with E-state index in [-0.39, 0.29) is 180 Å². The molecule has 7 amide bonds. The number of ether oxygens (including phenoxy) is 7. The molecule has 1 aliphatic carbocycles. The lowest BCUT2D eigenvalue weighted by atomic mass is 9.83. The highest BCUT2D eigenvalue weighted by Crippen LogP contribution is 2.45.